The molecule has 0 N–H and O–H groups in total. The molecule has 0 saturated carbocycles. The second kappa shape index (κ2) is 5.54. The smallest absolute Gasteiger partial charge is 0.339 e. The van der Waals surface area contributed by atoms with Crippen molar-refractivity contribution in [3.63, 3.8) is 0 Å². The molecule has 3 rings (SSSR count). The van der Waals surface area contributed by atoms with Crippen LogP contribution in [-0.2, 0) is 6.61 Å². The lowest BCUT2D eigenvalue weighted by Gasteiger charge is -2.07. The van der Waals surface area contributed by atoms with Crippen molar-refractivity contribution < 1.29 is 9.15 Å². The molecule has 0 atom stereocenters. The first kappa shape index (κ1) is 14.2. The van der Waals surface area contributed by atoms with Crippen LogP contribution in [0.4, 0.5) is 0 Å². The Balaban J connectivity index is 1.90. The van der Waals surface area contributed by atoms with Crippen molar-refractivity contribution in [1.29, 1.82) is 0 Å². The van der Waals surface area contributed by atoms with Crippen LogP contribution in [0.25, 0.3) is 11.0 Å². The highest BCUT2D eigenvalue weighted by atomic mass is 35.5. The molecule has 2 aromatic heterocycles. The van der Waals surface area contributed by atoms with Crippen LogP contribution in [0.1, 0.15) is 16.0 Å². The maximum Gasteiger partial charge on any atom is 0.339 e. The highest BCUT2D eigenvalue weighted by Crippen LogP contribution is 2.26. The summed E-state index contributed by atoms with van der Waals surface area (Å²) in [7, 11) is 0. The van der Waals surface area contributed by atoms with Crippen molar-refractivity contribution >= 4 is 33.9 Å². The number of thiophene rings is 1. The number of aryl methyl sites for hydroxylation is 1. The minimum atomic E-state index is -0.304. The molecule has 0 aliphatic carbocycles. The van der Waals surface area contributed by atoms with E-state index in [0.717, 1.165) is 20.2 Å². The summed E-state index contributed by atoms with van der Waals surface area (Å²) in [5, 5.41) is 0.929. The number of halogens is 1. The maximum atomic E-state index is 11.7. The van der Waals surface area contributed by atoms with E-state index in [-0.39, 0.29) is 5.63 Å². The number of hydrogen-bond acceptors (Lipinski definition) is 4. The minimum absolute atomic E-state index is 0.304. The molecule has 2 heterocycles. The van der Waals surface area contributed by atoms with E-state index in [1.54, 1.807) is 13.0 Å². The summed E-state index contributed by atoms with van der Waals surface area (Å²) in [5.41, 5.74) is 1.83. The van der Waals surface area contributed by atoms with Crippen LogP contribution in [-0.4, -0.2) is 0 Å². The first-order chi connectivity index (χ1) is 10.0. The lowest BCUT2D eigenvalue weighted by Crippen LogP contribution is -2.05. The molecular formula is C16H13ClO3S. The molecule has 0 spiro atoms. The average molecular weight is 321 g/mol. The Morgan fingerprint density at radius 3 is 2.71 bits per heavy atom. The Morgan fingerprint density at radius 2 is 2.00 bits per heavy atom. The molecule has 0 amide bonds. The lowest BCUT2D eigenvalue weighted by molar-refractivity contribution is 0.309. The van der Waals surface area contributed by atoms with Gasteiger partial charge in [0.25, 0.3) is 0 Å². The van der Waals surface area contributed by atoms with Crippen molar-refractivity contribution in [2.75, 3.05) is 0 Å². The molecule has 0 radical (unpaired) electrons. The van der Waals surface area contributed by atoms with Gasteiger partial charge in [-0.05, 0) is 43.7 Å². The van der Waals surface area contributed by atoms with Gasteiger partial charge in [0.2, 0.25) is 0 Å². The summed E-state index contributed by atoms with van der Waals surface area (Å²) in [5.74, 6) is 0.665. The number of rotatable bonds is 3. The van der Waals surface area contributed by atoms with Gasteiger partial charge in [-0.3, -0.25) is 0 Å². The number of hydrogen-bond donors (Lipinski definition) is 0. The number of fused-ring (bicyclic) bond motifs is 1. The van der Waals surface area contributed by atoms with Gasteiger partial charge in [0.1, 0.15) is 17.9 Å². The molecule has 5 heteroatoms. The first-order valence-electron chi connectivity index (χ1n) is 6.45. The van der Waals surface area contributed by atoms with Crippen LogP contribution in [0, 0.1) is 13.8 Å². The van der Waals surface area contributed by atoms with Crippen LogP contribution in [0.15, 0.2) is 39.5 Å². The van der Waals surface area contributed by atoms with E-state index >= 15 is 0 Å². The summed E-state index contributed by atoms with van der Waals surface area (Å²) >= 11 is 7.37. The molecule has 0 saturated heterocycles. The van der Waals surface area contributed by atoms with Gasteiger partial charge in [-0.15, -0.1) is 11.3 Å². The third kappa shape index (κ3) is 2.82. The van der Waals surface area contributed by atoms with Crippen LogP contribution in [0.2, 0.25) is 4.34 Å². The molecular weight excluding hydrogens is 308 g/mol. The zero-order chi connectivity index (χ0) is 15.0. The SMILES string of the molecule is Cc1c(C)c2ccc(OCc3ccc(Cl)s3)cc2oc1=O. The van der Waals surface area contributed by atoms with Gasteiger partial charge in [0.05, 0.1) is 4.34 Å². The molecule has 1 aromatic carbocycles. The van der Waals surface area contributed by atoms with Gasteiger partial charge < -0.3 is 9.15 Å². The molecule has 0 aliphatic rings. The first-order valence-corrected chi connectivity index (χ1v) is 7.65. The fourth-order valence-electron chi connectivity index (χ4n) is 2.10. The summed E-state index contributed by atoms with van der Waals surface area (Å²) in [6, 6.07) is 9.32. The average Bonchev–Trinajstić information content (AvgIpc) is 2.88. The Kier molecular flexibility index (Phi) is 3.74. The minimum Gasteiger partial charge on any atom is -0.488 e. The van der Waals surface area contributed by atoms with Crippen LogP contribution in [0.5, 0.6) is 5.75 Å². The highest BCUT2D eigenvalue weighted by molar-refractivity contribution is 7.16. The Labute approximate surface area is 130 Å². The monoisotopic (exact) mass is 320 g/mol. The number of ether oxygens (including phenoxy) is 1. The lowest BCUT2D eigenvalue weighted by atomic mass is 10.1. The van der Waals surface area contributed by atoms with E-state index in [4.69, 9.17) is 20.8 Å². The van der Waals surface area contributed by atoms with E-state index in [1.165, 1.54) is 11.3 Å². The van der Waals surface area contributed by atoms with E-state index < -0.39 is 0 Å². The van der Waals surface area contributed by atoms with Crippen molar-refractivity contribution in [2.24, 2.45) is 0 Å². The molecule has 21 heavy (non-hydrogen) atoms. The second-order valence-corrected chi connectivity index (χ2v) is 6.59. The quantitative estimate of drug-likeness (QED) is 0.656. The second-order valence-electron chi connectivity index (χ2n) is 4.79. The van der Waals surface area contributed by atoms with E-state index in [9.17, 15) is 4.79 Å². The molecule has 0 aliphatic heterocycles. The molecule has 0 unspecified atom stereocenters. The van der Waals surface area contributed by atoms with Crippen molar-refractivity contribution in [3.8, 4) is 5.75 Å². The van der Waals surface area contributed by atoms with Gasteiger partial charge >= 0.3 is 5.63 Å². The van der Waals surface area contributed by atoms with Gasteiger partial charge in [0, 0.05) is 21.9 Å². The third-order valence-corrected chi connectivity index (χ3v) is 4.64. The highest BCUT2D eigenvalue weighted by Gasteiger charge is 2.08. The van der Waals surface area contributed by atoms with Gasteiger partial charge in [-0.25, -0.2) is 4.79 Å². The van der Waals surface area contributed by atoms with E-state index in [2.05, 4.69) is 0 Å². The topological polar surface area (TPSA) is 39.4 Å². The van der Waals surface area contributed by atoms with E-state index in [1.807, 2.05) is 31.2 Å². The Hall–Kier alpha value is -1.78. The van der Waals surface area contributed by atoms with Crippen molar-refractivity contribution in [1.82, 2.24) is 0 Å². The largest absolute Gasteiger partial charge is 0.488 e. The van der Waals surface area contributed by atoms with Gasteiger partial charge in [0.15, 0.2) is 0 Å². The maximum absolute atomic E-state index is 11.7. The zero-order valence-electron chi connectivity index (χ0n) is 11.6. The van der Waals surface area contributed by atoms with E-state index in [0.29, 0.717) is 23.5 Å². The van der Waals surface area contributed by atoms with Gasteiger partial charge in [-0.1, -0.05) is 11.6 Å². The van der Waals surface area contributed by atoms with Gasteiger partial charge in [-0.2, -0.15) is 0 Å². The summed E-state index contributed by atoms with van der Waals surface area (Å²) in [4.78, 5) is 12.8. The summed E-state index contributed by atoms with van der Waals surface area (Å²) in [6.07, 6.45) is 0. The standard InChI is InChI=1S/C16H13ClO3S/c1-9-10(2)16(18)20-14-7-11(3-5-13(9)14)19-8-12-4-6-15(17)21-12/h3-7H,8H2,1-2H3. The molecule has 108 valence electrons. The molecule has 0 fully saturated rings. The third-order valence-electron chi connectivity index (χ3n) is 3.44. The number of benzene rings is 1. The predicted molar refractivity (Wildman–Crippen MR) is 85.6 cm³/mol. The Morgan fingerprint density at radius 1 is 1.19 bits per heavy atom. The fraction of sp³-hybridized carbons (Fsp3) is 0.188. The molecule has 3 nitrogen and oxygen atoms in total. The van der Waals surface area contributed by atoms with Crippen LogP contribution >= 0.6 is 22.9 Å². The fourth-order valence-corrected chi connectivity index (χ4v) is 3.10. The van der Waals surface area contributed by atoms with Crippen molar-refractivity contribution in [2.45, 2.75) is 20.5 Å². The summed E-state index contributed by atoms with van der Waals surface area (Å²) < 4.78 is 11.8. The summed E-state index contributed by atoms with van der Waals surface area (Å²) in [6.45, 7) is 4.13. The zero-order valence-corrected chi connectivity index (χ0v) is 13.2. The van der Waals surface area contributed by atoms with Crippen molar-refractivity contribution in [3.05, 3.63) is 61.1 Å². The Bertz CT molecular complexity index is 864. The normalized spacial score (nSPS) is 11.0. The van der Waals surface area contributed by atoms with Crippen LogP contribution < -0.4 is 10.4 Å². The molecule has 3 aromatic rings. The predicted octanol–water partition coefficient (Wildman–Crippen LogP) is 4.70. The van der Waals surface area contributed by atoms with Crippen LogP contribution in [0.3, 0.4) is 0 Å². The molecule has 0 bridgehead atoms.